The molecule has 0 spiro atoms. The molecule has 1 aliphatic rings. The summed E-state index contributed by atoms with van der Waals surface area (Å²) in [7, 11) is 0. The van der Waals surface area contributed by atoms with Gasteiger partial charge in [-0.3, -0.25) is 9.97 Å². The lowest BCUT2D eigenvalue weighted by Gasteiger charge is -2.18. The molecule has 1 fully saturated rings. The molecule has 124 valence electrons. The summed E-state index contributed by atoms with van der Waals surface area (Å²) in [5.74, 6) is -0.375. The summed E-state index contributed by atoms with van der Waals surface area (Å²) < 4.78 is 18.9. The first-order valence-electron chi connectivity index (χ1n) is 7.80. The molecule has 1 aromatic carbocycles. The topological polar surface area (TPSA) is 64.1 Å². The highest BCUT2D eigenvalue weighted by Gasteiger charge is 2.36. The Morgan fingerprint density at radius 1 is 1.04 bits per heavy atom. The van der Waals surface area contributed by atoms with Crippen LogP contribution in [0.4, 0.5) is 9.18 Å². The maximum absolute atomic E-state index is 13.6. The number of nitrogens with one attached hydrogen (secondary N) is 1. The van der Waals surface area contributed by atoms with Crippen molar-refractivity contribution in [1.82, 2.24) is 15.3 Å². The van der Waals surface area contributed by atoms with Crippen LogP contribution in [0, 0.1) is 5.82 Å². The Morgan fingerprint density at radius 2 is 1.96 bits per heavy atom. The number of alkyl carbamates (subject to hydrolysis) is 1. The number of nitrogens with zero attached hydrogens (tertiary/aromatic N) is 2. The third-order valence-corrected chi connectivity index (χ3v) is 4.07. The summed E-state index contributed by atoms with van der Waals surface area (Å²) in [4.78, 5) is 20.4. The van der Waals surface area contributed by atoms with E-state index < -0.39 is 18.2 Å². The molecule has 1 amide bonds. The van der Waals surface area contributed by atoms with Crippen molar-refractivity contribution in [1.29, 1.82) is 0 Å². The molecule has 1 saturated heterocycles. The van der Waals surface area contributed by atoms with Crippen molar-refractivity contribution < 1.29 is 13.9 Å². The van der Waals surface area contributed by atoms with Crippen molar-refractivity contribution in [3.05, 3.63) is 84.1 Å². The monoisotopic (exact) mass is 335 g/mol. The fourth-order valence-electron chi connectivity index (χ4n) is 2.92. The maximum Gasteiger partial charge on any atom is 0.408 e. The third-order valence-electron chi connectivity index (χ3n) is 4.07. The number of rotatable bonds is 3. The van der Waals surface area contributed by atoms with Crippen LogP contribution in [0.25, 0.3) is 11.3 Å². The van der Waals surface area contributed by atoms with E-state index >= 15 is 0 Å². The molecule has 0 radical (unpaired) electrons. The molecule has 0 saturated carbocycles. The van der Waals surface area contributed by atoms with Crippen LogP contribution in [0.15, 0.2) is 67.1 Å². The van der Waals surface area contributed by atoms with Gasteiger partial charge >= 0.3 is 6.09 Å². The molecular weight excluding hydrogens is 321 g/mol. The van der Waals surface area contributed by atoms with Gasteiger partial charge in [-0.2, -0.15) is 0 Å². The van der Waals surface area contributed by atoms with Gasteiger partial charge in [0.15, 0.2) is 6.10 Å². The minimum Gasteiger partial charge on any atom is -0.439 e. The molecule has 2 aromatic heterocycles. The van der Waals surface area contributed by atoms with E-state index in [0.717, 1.165) is 16.8 Å². The van der Waals surface area contributed by atoms with Gasteiger partial charge in [0.1, 0.15) is 11.9 Å². The number of ether oxygens (including phenoxy) is 1. The zero-order valence-electron chi connectivity index (χ0n) is 13.1. The number of cyclic esters (lactones) is 1. The van der Waals surface area contributed by atoms with Crippen molar-refractivity contribution in [3.63, 3.8) is 0 Å². The molecule has 0 unspecified atom stereocenters. The Hall–Kier alpha value is -3.28. The van der Waals surface area contributed by atoms with E-state index in [1.807, 2.05) is 24.3 Å². The van der Waals surface area contributed by atoms with Gasteiger partial charge in [0.25, 0.3) is 0 Å². The van der Waals surface area contributed by atoms with Gasteiger partial charge in [0.05, 0.1) is 5.69 Å². The van der Waals surface area contributed by atoms with E-state index in [1.54, 1.807) is 30.7 Å². The summed E-state index contributed by atoms with van der Waals surface area (Å²) in [5.41, 5.74) is 2.97. The number of pyridine rings is 2. The Labute approximate surface area is 143 Å². The fraction of sp³-hybridized carbons (Fsp3) is 0.105. The molecule has 0 bridgehead atoms. The molecular formula is C19H14FN3O2. The first kappa shape index (κ1) is 15.3. The number of amides is 1. The van der Waals surface area contributed by atoms with E-state index in [-0.39, 0.29) is 5.82 Å². The minimum absolute atomic E-state index is 0.375. The van der Waals surface area contributed by atoms with Gasteiger partial charge in [-0.15, -0.1) is 0 Å². The third kappa shape index (κ3) is 3.06. The summed E-state index contributed by atoms with van der Waals surface area (Å²) in [5, 5.41) is 2.77. The van der Waals surface area contributed by atoms with Crippen LogP contribution >= 0.6 is 0 Å². The van der Waals surface area contributed by atoms with Crippen LogP contribution < -0.4 is 5.32 Å². The zero-order valence-corrected chi connectivity index (χ0v) is 13.1. The average molecular weight is 335 g/mol. The maximum atomic E-state index is 13.6. The smallest absolute Gasteiger partial charge is 0.408 e. The van der Waals surface area contributed by atoms with Crippen LogP contribution in [-0.4, -0.2) is 16.1 Å². The van der Waals surface area contributed by atoms with E-state index in [1.165, 1.54) is 12.1 Å². The second-order valence-electron chi connectivity index (χ2n) is 5.72. The summed E-state index contributed by atoms with van der Waals surface area (Å²) in [6, 6.07) is 13.1. The molecule has 4 rings (SSSR count). The molecule has 3 aromatic rings. The van der Waals surface area contributed by atoms with E-state index in [0.29, 0.717) is 5.56 Å². The molecule has 6 heteroatoms. The Bertz CT molecular complexity index is 917. The second kappa shape index (κ2) is 6.32. The van der Waals surface area contributed by atoms with E-state index in [4.69, 9.17) is 4.74 Å². The number of carbonyl (C=O) groups excluding carboxylic acids is 1. The van der Waals surface area contributed by atoms with E-state index in [2.05, 4.69) is 15.3 Å². The predicted octanol–water partition coefficient (Wildman–Crippen LogP) is 3.80. The normalized spacial score (nSPS) is 19.3. The number of aromatic nitrogens is 2. The van der Waals surface area contributed by atoms with Crippen molar-refractivity contribution in [2.75, 3.05) is 0 Å². The van der Waals surface area contributed by atoms with E-state index in [9.17, 15) is 9.18 Å². The standard InChI is InChI=1S/C19H14FN3O2/c20-15-5-3-4-12(9-15)18-17(23-19(24)25-18)14-8-13(10-21-11-14)16-6-1-2-7-22-16/h1-11,17-18H,(H,23,24)/t17-,18-/m1/s1. The van der Waals surface area contributed by atoms with Crippen LogP contribution in [-0.2, 0) is 4.74 Å². The van der Waals surface area contributed by atoms with Gasteiger partial charge in [-0.05, 0) is 41.5 Å². The summed E-state index contributed by atoms with van der Waals surface area (Å²) in [6.07, 6.45) is 3.92. The highest BCUT2D eigenvalue weighted by Crippen LogP contribution is 2.37. The summed E-state index contributed by atoms with van der Waals surface area (Å²) >= 11 is 0. The molecule has 3 heterocycles. The van der Waals surface area contributed by atoms with Gasteiger partial charge in [0.2, 0.25) is 0 Å². The number of benzene rings is 1. The predicted molar refractivity (Wildman–Crippen MR) is 89.0 cm³/mol. The van der Waals surface area contributed by atoms with Gasteiger partial charge in [-0.1, -0.05) is 18.2 Å². The lowest BCUT2D eigenvalue weighted by molar-refractivity contribution is 0.132. The van der Waals surface area contributed by atoms with Crippen LogP contribution in [0.2, 0.25) is 0 Å². The van der Waals surface area contributed by atoms with Crippen molar-refractivity contribution in [2.24, 2.45) is 0 Å². The number of hydrogen-bond donors (Lipinski definition) is 1. The largest absolute Gasteiger partial charge is 0.439 e. The van der Waals surface area contributed by atoms with Gasteiger partial charge in [-0.25, -0.2) is 9.18 Å². The lowest BCUT2D eigenvalue weighted by Crippen LogP contribution is -2.19. The quantitative estimate of drug-likeness (QED) is 0.790. The Balaban J connectivity index is 1.71. The van der Waals surface area contributed by atoms with Crippen LogP contribution in [0.5, 0.6) is 0 Å². The number of carbonyl (C=O) groups is 1. The van der Waals surface area contributed by atoms with Crippen molar-refractivity contribution in [2.45, 2.75) is 12.1 Å². The summed E-state index contributed by atoms with van der Waals surface area (Å²) in [6.45, 7) is 0. The molecule has 25 heavy (non-hydrogen) atoms. The molecule has 1 N–H and O–H groups in total. The first-order valence-corrected chi connectivity index (χ1v) is 7.80. The van der Waals surface area contributed by atoms with Crippen molar-refractivity contribution in [3.8, 4) is 11.3 Å². The molecule has 1 aliphatic heterocycles. The zero-order chi connectivity index (χ0) is 17.2. The second-order valence-corrected chi connectivity index (χ2v) is 5.72. The highest BCUT2D eigenvalue weighted by molar-refractivity contribution is 5.71. The lowest BCUT2D eigenvalue weighted by atomic mass is 9.96. The fourth-order valence-corrected chi connectivity index (χ4v) is 2.92. The van der Waals surface area contributed by atoms with Gasteiger partial charge in [0, 0.05) is 24.2 Å². The Kier molecular flexibility index (Phi) is 3.85. The number of hydrogen-bond acceptors (Lipinski definition) is 4. The highest BCUT2D eigenvalue weighted by atomic mass is 19.1. The minimum atomic E-state index is -0.621. The van der Waals surface area contributed by atoms with Crippen LogP contribution in [0.1, 0.15) is 23.3 Å². The molecule has 5 nitrogen and oxygen atoms in total. The number of halogens is 1. The van der Waals surface area contributed by atoms with Crippen molar-refractivity contribution >= 4 is 6.09 Å². The van der Waals surface area contributed by atoms with Gasteiger partial charge < -0.3 is 10.1 Å². The first-order chi connectivity index (χ1) is 12.2. The average Bonchev–Trinajstić information content (AvgIpc) is 3.04. The SMILES string of the molecule is O=C1N[C@H](c2cncc(-c3ccccn3)c2)[C@@H](c2cccc(F)c2)O1. The van der Waals surface area contributed by atoms with Crippen LogP contribution in [0.3, 0.4) is 0 Å². The molecule has 2 atom stereocenters. The Morgan fingerprint density at radius 3 is 2.76 bits per heavy atom. The molecule has 0 aliphatic carbocycles.